The number of benzene rings is 2. The van der Waals surface area contributed by atoms with E-state index in [0.29, 0.717) is 35.3 Å². The molecule has 0 saturated heterocycles. The van der Waals surface area contributed by atoms with E-state index in [2.05, 4.69) is 5.32 Å². The zero-order valence-electron chi connectivity index (χ0n) is 14.2. The van der Waals surface area contributed by atoms with Crippen LogP contribution in [0.3, 0.4) is 0 Å². The van der Waals surface area contributed by atoms with Gasteiger partial charge in [-0.25, -0.2) is 0 Å². The van der Waals surface area contributed by atoms with Crippen molar-refractivity contribution in [1.82, 2.24) is 5.32 Å². The van der Waals surface area contributed by atoms with Crippen LogP contribution in [0.4, 0.5) is 5.69 Å². The van der Waals surface area contributed by atoms with Crippen LogP contribution < -0.4 is 10.2 Å². The molecule has 0 atom stereocenters. The van der Waals surface area contributed by atoms with Gasteiger partial charge in [0.25, 0.3) is 5.91 Å². The molecule has 0 bridgehead atoms. The molecule has 0 spiro atoms. The van der Waals surface area contributed by atoms with E-state index in [1.165, 1.54) is 0 Å². The van der Waals surface area contributed by atoms with Crippen LogP contribution in [0.1, 0.15) is 12.0 Å². The number of hydrogen-bond acceptors (Lipinski definition) is 3. The largest absolute Gasteiger partial charge is 0.510 e. The summed E-state index contributed by atoms with van der Waals surface area (Å²) in [5.41, 5.74) is 2.50. The first-order valence-corrected chi connectivity index (χ1v) is 9.23. The Morgan fingerprint density at radius 1 is 1.08 bits per heavy atom. The molecule has 6 heteroatoms. The Morgan fingerprint density at radius 2 is 1.85 bits per heavy atom. The molecule has 2 aromatic carbocycles. The first-order valence-electron chi connectivity index (χ1n) is 8.47. The minimum absolute atomic E-state index is 0.135. The topological polar surface area (TPSA) is 52.6 Å². The van der Waals surface area contributed by atoms with E-state index in [0.717, 1.165) is 24.1 Å². The molecule has 2 N–H and O–H groups in total. The maximum absolute atomic E-state index is 12.3. The van der Waals surface area contributed by atoms with Gasteiger partial charge in [0.1, 0.15) is 5.76 Å². The van der Waals surface area contributed by atoms with Gasteiger partial charge in [0.15, 0.2) is 0 Å². The number of nitrogens with zero attached hydrogens (tertiary/aromatic N) is 1. The number of anilines is 1. The molecule has 0 unspecified atom stereocenters. The van der Waals surface area contributed by atoms with E-state index in [-0.39, 0.29) is 11.7 Å². The maximum atomic E-state index is 12.3. The molecule has 0 saturated carbocycles. The minimum Gasteiger partial charge on any atom is -0.510 e. The van der Waals surface area contributed by atoms with Crippen molar-refractivity contribution in [3.8, 4) is 0 Å². The lowest BCUT2D eigenvalue weighted by Crippen LogP contribution is -2.29. The van der Waals surface area contributed by atoms with Crippen LogP contribution in [-0.4, -0.2) is 30.6 Å². The van der Waals surface area contributed by atoms with Gasteiger partial charge in [0.2, 0.25) is 0 Å². The number of halogens is 2. The van der Waals surface area contributed by atoms with Crippen molar-refractivity contribution in [2.45, 2.75) is 12.8 Å². The molecule has 1 amide bonds. The molecule has 1 heterocycles. The van der Waals surface area contributed by atoms with E-state index in [9.17, 15) is 9.90 Å². The van der Waals surface area contributed by atoms with Gasteiger partial charge in [0, 0.05) is 12.2 Å². The van der Waals surface area contributed by atoms with Crippen molar-refractivity contribution in [1.29, 1.82) is 0 Å². The molecule has 0 aromatic heterocycles. The molecule has 0 fully saturated rings. The maximum Gasteiger partial charge on any atom is 0.252 e. The molecule has 4 nitrogen and oxygen atoms in total. The Morgan fingerprint density at radius 3 is 2.58 bits per heavy atom. The number of aryl methyl sites for hydroxylation is 1. The number of rotatable bonds is 6. The van der Waals surface area contributed by atoms with Crippen molar-refractivity contribution in [3.63, 3.8) is 0 Å². The number of para-hydroxylation sites is 1. The molecule has 1 aliphatic heterocycles. The second kappa shape index (κ2) is 8.47. The molecule has 3 rings (SSSR count). The van der Waals surface area contributed by atoms with Gasteiger partial charge < -0.3 is 15.3 Å². The second-order valence-electron chi connectivity index (χ2n) is 6.22. The summed E-state index contributed by atoms with van der Waals surface area (Å²) in [6.07, 6.45) is 1.57. The average Bonchev–Trinajstić information content (AvgIpc) is 3.04. The van der Waals surface area contributed by atoms with E-state index < -0.39 is 0 Å². The molecule has 2 aromatic rings. The van der Waals surface area contributed by atoms with Crippen molar-refractivity contribution >= 4 is 34.8 Å². The Bertz CT molecular complexity index is 822. The van der Waals surface area contributed by atoms with Gasteiger partial charge in [0.05, 0.1) is 28.7 Å². The van der Waals surface area contributed by atoms with Crippen LogP contribution in [0.2, 0.25) is 10.0 Å². The summed E-state index contributed by atoms with van der Waals surface area (Å²) in [4.78, 5) is 14.3. The van der Waals surface area contributed by atoms with Crippen LogP contribution >= 0.6 is 23.2 Å². The van der Waals surface area contributed by atoms with E-state index in [1.807, 2.05) is 47.4 Å². The van der Waals surface area contributed by atoms with Gasteiger partial charge in [-0.3, -0.25) is 4.79 Å². The summed E-state index contributed by atoms with van der Waals surface area (Å²) in [6.45, 7) is 1.30. The van der Waals surface area contributed by atoms with Gasteiger partial charge in [-0.05, 0) is 42.7 Å². The Balaban J connectivity index is 1.47. The number of aliphatic hydroxyl groups is 1. The third-order valence-electron chi connectivity index (χ3n) is 4.35. The minimum atomic E-state index is -0.213. The standard InChI is InChI=1S/C20H20Cl2N2O2/c21-17-9-8-14(11-18(17)22)5-4-10-23-20(26)16-12-24(13-19(16)25)15-6-2-1-3-7-15/h1-3,6-9,11,25H,4-5,10,12-13H2,(H,23,26). The van der Waals surface area contributed by atoms with Crippen molar-refractivity contribution in [3.05, 3.63) is 75.5 Å². The number of hydrogen-bond donors (Lipinski definition) is 2. The normalized spacial score (nSPS) is 14.0. The van der Waals surface area contributed by atoms with Crippen LogP contribution in [0.25, 0.3) is 0 Å². The highest BCUT2D eigenvalue weighted by Crippen LogP contribution is 2.24. The first kappa shape index (κ1) is 18.6. The lowest BCUT2D eigenvalue weighted by atomic mass is 10.1. The SMILES string of the molecule is O=C(NCCCc1ccc(Cl)c(Cl)c1)C1=C(O)CN(c2ccccc2)C1. The van der Waals surface area contributed by atoms with Crippen molar-refractivity contribution in [2.75, 3.05) is 24.5 Å². The van der Waals surface area contributed by atoms with Gasteiger partial charge in [-0.1, -0.05) is 47.5 Å². The fourth-order valence-electron chi connectivity index (χ4n) is 2.93. The highest BCUT2D eigenvalue weighted by molar-refractivity contribution is 6.42. The van der Waals surface area contributed by atoms with Crippen LogP contribution in [0.5, 0.6) is 0 Å². The van der Waals surface area contributed by atoms with E-state index in [1.54, 1.807) is 6.07 Å². The van der Waals surface area contributed by atoms with Gasteiger partial charge >= 0.3 is 0 Å². The highest BCUT2D eigenvalue weighted by atomic mass is 35.5. The van der Waals surface area contributed by atoms with E-state index in [4.69, 9.17) is 23.2 Å². The fourth-order valence-corrected chi connectivity index (χ4v) is 3.26. The summed E-state index contributed by atoms with van der Waals surface area (Å²) < 4.78 is 0. The summed E-state index contributed by atoms with van der Waals surface area (Å²) in [5.74, 6) is -0.0779. The smallest absolute Gasteiger partial charge is 0.252 e. The summed E-state index contributed by atoms with van der Waals surface area (Å²) in [5, 5.41) is 14.1. The second-order valence-corrected chi connectivity index (χ2v) is 7.04. The monoisotopic (exact) mass is 390 g/mol. The number of amides is 1. The van der Waals surface area contributed by atoms with Crippen LogP contribution in [0.15, 0.2) is 59.9 Å². The quantitative estimate of drug-likeness (QED) is 0.719. The van der Waals surface area contributed by atoms with Crippen LogP contribution in [-0.2, 0) is 11.2 Å². The lowest BCUT2D eigenvalue weighted by Gasteiger charge is -2.17. The average molecular weight is 391 g/mol. The van der Waals surface area contributed by atoms with E-state index >= 15 is 0 Å². The molecule has 136 valence electrons. The Labute approximate surface area is 163 Å². The fraction of sp³-hybridized carbons (Fsp3) is 0.250. The molecule has 0 aliphatic carbocycles. The number of carbonyl (C=O) groups is 1. The molecular weight excluding hydrogens is 371 g/mol. The lowest BCUT2D eigenvalue weighted by molar-refractivity contribution is -0.117. The molecule has 0 radical (unpaired) electrons. The van der Waals surface area contributed by atoms with Crippen molar-refractivity contribution < 1.29 is 9.90 Å². The third kappa shape index (κ3) is 4.51. The predicted octanol–water partition coefficient (Wildman–Crippen LogP) is 4.37. The zero-order chi connectivity index (χ0) is 18.5. The number of aliphatic hydroxyl groups excluding tert-OH is 1. The summed E-state index contributed by atoms with van der Waals surface area (Å²) in [7, 11) is 0. The summed E-state index contributed by atoms with van der Waals surface area (Å²) in [6, 6.07) is 15.3. The third-order valence-corrected chi connectivity index (χ3v) is 5.08. The zero-order valence-corrected chi connectivity index (χ0v) is 15.7. The highest BCUT2D eigenvalue weighted by Gasteiger charge is 2.26. The number of carbonyl (C=O) groups excluding carboxylic acids is 1. The predicted molar refractivity (Wildman–Crippen MR) is 106 cm³/mol. The molecule has 26 heavy (non-hydrogen) atoms. The van der Waals surface area contributed by atoms with Gasteiger partial charge in [-0.2, -0.15) is 0 Å². The molecule has 1 aliphatic rings. The number of nitrogens with one attached hydrogen (secondary N) is 1. The summed E-state index contributed by atoms with van der Waals surface area (Å²) >= 11 is 11.9. The molecular formula is C20H20Cl2N2O2. The Kier molecular flexibility index (Phi) is 6.07. The van der Waals surface area contributed by atoms with Gasteiger partial charge in [-0.15, -0.1) is 0 Å². The van der Waals surface area contributed by atoms with Crippen molar-refractivity contribution in [2.24, 2.45) is 0 Å². The Hall–Kier alpha value is -2.17. The van der Waals surface area contributed by atoms with Crippen LogP contribution in [0, 0.1) is 0 Å². The first-order chi connectivity index (χ1) is 12.5.